The molecule has 4 amide bonds. The highest BCUT2D eigenvalue weighted by Gasteiger charge is 2.37. The standard InChI is InChI=1S/C26H18Br2Cl2N2O5/c1-13-4-3-5-16(8-13)32-25(34)17(24(33)31-26(32)35)10-15-11-20(36-2)23(22(28)21(15)27)37-12-14-6-7-18(29)19(30)9-14/h3-11H,12H2,1-2H3,(H,31,33,35)/b17-10+. The molecule has 0 aromatic heterocycles. The van der Waals surface area contributed by atoms with Crippen LogP contribution in [-0.2, 0) is 16.2 Å². The van der Waals surface area contributed by atoms with E-state index in [2.05, 4.69) is 37.2 Å². The van der Waals surface area contributed by atoms with Crippen LogP contribution in [0.4, 0.5) is 10.5 Å². The predicted octanol–water partition coefficient (Wildman–Crippen LogP) is 7.08. The van der Waals surface area contributed by atoms with Crippen molar-refractivity contribution in [3.63, 3.8) is 0 Å². The molecule has 0 aliphatic carbocycles. The normalized spacial score (nSPS) is 14.7. The van der Waals surface area contributed by atoms with Gasteiger partial charge >= 0.3 is 6.03 Å². The number of barbiturate groups is 1. The molecule has 0 spiro atoms. The zero-order valence-electron chi connectivity index (χ0n) is 19.4. The largest absolute Gasteiger partial charge is 0.493 e. The summed E-state index contributed by atoms with van der Waals surface area (Å²) in [6.07, 6.45) is 1.38. The van der Waals surface area contributed by atoms with Gasteiger partial charge in [0.2, 0.25) is 0 Å². The molecule has 11 heteroatoms. The molecule has 1 N–H and O–H groups in total. The number of hydrogen-bond donors (Lipinski definition) is 1. The predicted molar refractivity (Wildman–Crippen MR) is 149 cm³/mol. The van der Waals surface area contributed by atoms with Gasteiger partial charge in [-0.25, -0.2) is 9.69 Å². The fraction of sp³-hybridized carbons (Fsp3) is 0.115. The van der Waals surface area contributed by atoms with Crippen LogP contribution < -0.4 is 19.7 Å². The number of urea groups is 1. The first-order valence-electron chi connectivity index (χ1n) is 10.7. The van der Waals surface area contributed by atoms with Gasteiger partial charge in [-0.2, -0.15) is 0 Å². The molecule has 3 aromatic carbocycles. The Labute approximate surface area is 239 Å². The Morgan fingerprint density at radius 2 is 1.76 bits per heavy atom. The maximum atomic E-state index is 13.3. The Hall–Kier alpha value is -2.85. The topological polar surface area (TPSA) is 84.9 Å². The number of carbonyl (C=O) groups excluding carboxylic acids is 3. The van der Waals surface area contributed by atoms with E-state index in [4.69, 9.17) is 32.7 Å². The zero-order valence-corrected chi connectivity index (χ0v) is 24.1. The van der Waals surface area contributed by atoms with Gasteiger partial charge in [0.05, 0.1) is 27.3 Å². The van der Waals surface area contributed by atoms with E-state index < -0.39 is 17.8 Å². The number of amides is 4. The summed E-state index contributed by atoms with van der Waals surface area (Å²) in [7, 11) is 1.47. The van der Waals surface area contributed by atoms with Crippen molar-refractivity contribution in [2.45, 2.75) is 13.5 Å². The summed E-state index contributed by atoms with van der Waals surface area (Å²) >= 11 is 19.1. The van der Waals surface area contributed by atoms with Gasteiger partial charge in [0.1, 0.15) is 12.2 Å². The van der Waals surface area contributed by atoms with Crippen LogP contribution >= 0.6 is 55.1 Å². The van der Waals surface area contributed by atoms with Gasteiger partial charge in [0, 0.05) is 4.47 Å². The first kappa shape index (κ1) is 27.2. The highest BCUT2D eigenvalue weighted by atomic mass is 79.9. The molecule has 1 aliphatic rings. The van der Waals surface area contributed by atoms with Crippen LogP contribution in [0.2, 0.25) is 10.0 Å². The maximum absolute atomic E-state index is 13.3. The molecule has 37 heavy (non-hydrogen) atoms. The van der Waals surface area contributed by atoms with Crippen LogP contribution in [0.15, 0.2) is 63.0 Å². The molecular weight excluding hydrogens is 651 g/mol. The Morgan fingerprint density at radius 3 is 2.43 bits per heavy atom. The molecule has 1 heterocycles. The van der Waals surface area contributed by atoms with Crippen molar-refractivity contribution in [2.75, 3.05) is 12.0 Å². The van der Waals surface area contributed by atoms with E-state index in [1.807, 2.05) is 13.0 Å². The molecule has 1 saturated heterocycles. The number of aryl methyl sites for hydroxylation is 1. The van der Waals surface area contributed by atoms with E-state index in [9.17, 15) is 14.4 Å². The van der Waals surface area contributed by atoms with Gasteiger partial charge in [0.25, 0.3) is 11.8 Å². The third kappa shape index (κ3) is 5.70. The van der Waals surface area contributed by atoms with E-state index in [1.54, 1.807) is 42.5 Å². The van der Waals surface area contributed by atoms with Crippen LogP contribution in [0.3, 0.4) is 0 Å². The molecule has 1 aliphatic heterocycles. The molecule has 7 nitrogen and oxygen atoms in total. The lowest BCUT2D eigenvalue weighted by atomic mass is 10.1. The third-order valence-electron chi connectivity index (χ3n) is 5.40. The minimum atomic E-state index is -0.818. The van der Waals surface area contributed by atoms with Crippen molar-refractivity contribution in [1.29, 1.82) is 0 Å². The van der Waals surface area contributed by atoms with Gasteiger partial charge in [-0.15, -0.1) is 0 Å². The third-order valence-corrected chi connectivity index (χ3v) is 8.29. The number of hydrogen-bond acceptors (Lipinski definition) is 5. The van der Waals surface area contributed by atoms with Gasteiger partial charge in [-0.3, -0.25) is 14.9 Å². The fourth-order valence-corrected chi connectivity index (χ4v) is 4.86. The van der Waals surface area contributed by atoms with Crippen LogP contribution in [0.25, 0.3) is 6.08 Å². The second-order valence-electron chi connectivity index (χ2n) is 7.96. The number of methoxy groups -OCH3 is 1. The number of nitrogens with zero attached hydrogens (tertiary/aromatic N) is 1. The van der Waals surface area contributed by atoms with Crippen molar-refractivity contribution >= 4 is 84.7 Å². The molecule has 4 rings (SSSR count). The summed E-state index contributed by atoms with van der Waals surface area (Å²) < 4.78 is 12.5. The van der Waals surface area contributed by atoms with E-state index >= 15 is 0 Å². The summed E-state index contributed by atoms with van der Waals surface area (Å²) in [4.78, 5) is 39.3. The SMILES string of the molecule is COc1cc(/C=C2\C(=O)NC(=O)N(c3cccc(C)c3)C2=O)c(Br)c(Br)c1OCc1ccc(Cl)c(Cl)c1. The van der Waals surface area contributed by atoms with E-state index in [0.717, 1.165) is 16.0 Å². The molecule has 190 valence electrons. The van der Waals surface area contributed by atoms with Crippen molar-refractivity contribution in [3.05, 3.63) is 89.8 Å². The summed E-state index contributed by atoms with van der Waals surface area (Å²) in [6, 6.07) is 12.8. The zero-order chi connectivity index (χ0) is 26.9. The summed E-state index contributed by atoms with van der Waals surface area (Å²) in [5, 5.41) is 3.07. The van der Waals surface area contributed by atoms with Crippen molar-refractivity contribution in [1.82, 2.24) is 5.32 Å². The van der Waals surface area contributed by atoms with Crippen molar-refractivity contribution < 1.29 is 23.9 Å². The minimum Gasteiger partial charge on any atom is -0.493 e. The van der Waals surface area contributed by atoms with E-state index in [0.29, 0.717) is 41.7 Å². The number of imide groups is 2. The van der Waals surface area contributed by atoms with E-state index in [1.165, 1.54) is 13.2 Å². The summed E-state index contributed by atoms with van der Waals surface area (Å²) in [5.41, 5.74) is 2.22. The average molecular weight is 669 g/mol. The Bertz CT molecular complexity index is 1480. The van der Waals surface area contributed by atoms with Crippen LogP contribution in [-0.4, -0.2) is 25.0 Å². The van der Waals surface area contributed by atoms with E-state index in [-0.39, 0.29) is 12.2 Å². The Morgan fingerprint density at radius 1 is 1.00 bits per heavy atom. The number of nitrogens with one attached hydrogen (secondary N) is 1. The summed E-state index contributed by atoms with van der Waals surface area (Å²) in [5.74, 6) is -0.821. The number of rotatable bonds is 6. The van der Waals surface area contributed by atoms with Gasteiger partial charge < -0.3 is 9.47 Å². The Balaban J connectivity index is 1.69. The van der Waals surface area contributed by atoms with Gasteiger partial charge in [0.15, 0.2) is 11.5 Å². The van der Waals surface area contributed by atoms with Crippen molar-refractivity contribution in [2.24, 2.45) is 0 Å². The second-order valence-corrected chi connectivity index (χ2v) is 10.4. The lowest BCUT2D eigenvalue weighted by Crippen LogP contribution is -2.54. The smallest absolute Gasteiger partial charge is 0.335 e. The fourth-order valence-electron chi connectivity index (χ4n) is 3.60. The highest BCUT2D eigenvalue weighted by Crippen LogP contribution is 2.44. The first-order chi connectivity index (χ1) is 17.6. The highest BCUT2D eigenvalue weighted by molar-refractivity contribution is 9.13. The summed E-state index contributed by atoms with van der Waals surface area (Å²) in [6.45, 7) is 2.01. The molecule has 0 unspecified atom stereocenters. The Kier molecular flexibility index (Phi) is 8.28. The maximum Gasteiger partial charge on any atom is 0.335 e. The van der Waals surface area contributed by atoms with Gasteiger partial charge in [-0.1, -0.05) is 41.4 Å². The number of anilines is 1. The first-order valence-corrected chi connectivity index (χ1v) is 13.1. The molecule has 3 aromatic rings. The molecule has 0 saturated carbocycles. The number of ether oxygens (including phenoxy) is 2. The monoisotopic (exact) mass is 666 g/mol. The van der Waals surface area contributed by atoms with Crippen LogP contribution in [0, 0.1) is 6.92 Å². The lowest BCUT2D eigenvalue weighted by molar-refractivity contribution is -0.122. The molecule has 0 radical (unpaired) electrons. The minimum absolute atomic E-state index is 0.174. The number of carbonyl (C=O) groups is 3. The molecule has 0 atom stereocenters. The quantitative estimate of drug-likeness (QED) is 0.224. The number of benzene rings is 3. The number of halogens is 4. The molecular formula is C26H18Br2Cl2N2O5. The van der Waals surface area contributed by atoms with Crippen molar-refractivity contribution in [3.8, 4) is 11.5 Å². The van der Waals surface area contributed by atoms with Gasteiger partial charge in [-0.05, 0) is 91.9 Å². The van der Waals surface area contributed by atoms with Crippen LogP contribution in [0.1, 0.15) is 16.7 Å². The molecule has 1 fully saturated rings. The average Bonchev–Trinajstić information content (AvgIpc) is 2.85. The lowest BCUT2D eigenvalue weighted by Gasteiger charge is -2.26. The second kappa shape index (κ2) is 11.3. The molecule has 0 bridgehead atoms. The van der Waals surface area contributed by atoms with Crippen LogP contribution in [0.5, 0.6) is 11.5 Å².